The summed E-state index contributed by atoms with van der Waals surface area (Å²) < 4.78 is 45.0. The smallest absolute Gasteiger partial charge is 0.416 e. The first kappa shape index (κ1) is 22.6. The predicted molar refractivity (Wildman–Crippen MR) is 120 cm³/mol. The molecule has 7 heteroatoms. The molecular formula is C26H22F3NO3. The number of amides is 1. The fraction of sp³-hybridized carbons (Fsp3) is 0.231. The zero-order chi connectivity index (χ0) is 24.0. The number of methoxy groups -OCH3 is 1. The van der Waals surface area contributed by atoms with Crippen LogP contribution < -0.4 is 10.1 Å². The maximum Gasteiger partial charge on any atom is 0.416 e. The van der Waals surface area contributed by atoms with E-state index in [4.69, 9.17) is 4.74 Å². The number of fused-ring (bicyclic) bond motifs is 1. The van der Waals surface area contributed by atoms with Crippen molar-refractivity contribution in [1.82, 2.24) is 0 Å². The number of carbonyl (C=O) groups is 2. The number of benzene rings is 3. The summed E-state index contributed by atoms with van der Waals surface area (Å²) in [5.74, 6) is 0.220. The molecule has 1 N–H and O–H groups in total. The zero-order valence-electron chi connectivity index (χ0n) is 18.3. The summed E-state index contributed by atoms with van der Waals surface area (Å²) in [6, 6.07) is 15.3. The van der Waals surface area contributed by atoms with Crippen molar-refractivity contribution in [2.24, 2.45) is 0 Å². The van der Waals surface area contributed by atoms with Crippen LogP contribution >= 0.6 is 0 Å². The highest BCUT2D eigenvalue weighted by atomic mass is 19.4. The molecule has 170 valence electrons. The van der Waals surface area contributed by atoms with Crippen LogP contribution in [0.4, 0.5) is 18.9 Å². The largest absolute Gasteiger partial charge is 0.496 e. The lowest BCUT2D eigenvalue weighted by molar-refractivity contribution is -0.137. The van der Waals surface area contributed by atoms with E-state index in [1.807, 2.05) is 0 Å². The van der Waals surface area contributed by atoms with E-state index >= 15 is 0 Å². The number of rotatable bonds is 5. The maximum absolute atomic E-state index is 13.2. The van der Waals surface area contributed by atoms with Crippen molar-refractivity contribution in [2.45, 2.75) is 31.9 Å². The Balaban J connectivity index is 1.78. The third-order valence-corrected chi connectivity index (χ3v) is 6.12. The van der Waals surface area contributed by atoms with Gasteiger partial charge in [0.25, 0.3) is 0 Å². The van der Waals surface area contributed by atoms with Crippen LogP contribution in [0.2, 0.25) is 0 Å². The Hall–Kier alpha value is -3.61. The van der Waals surface area contributed by atoms with Gasteiger partial charge in [-0.25, -0.2) is 0 Å². The second-order valence-electron chi connectivity index (χ2n) is 8.38. The molecule has 1 aliphatic heterocycles. The van der Waals surface area contributed by atoms with E-state index in [-0.39, 0.29) is 18.1 Å². The average Bonchev–Trinajstić information content (AvgIpc) is 3.02. The molecular weight excluding hydrogens is 431 g/mol. The molecule has 1 heterocycles. The zero-order valence-corrected chi connectivity index (χ0v) is 18.3. The van der Waals surface area contributed by atoms with E-state index in [0.717, 1.165) is 12.1 Å². The Bertz CT molecular complexity index is 1270. The second kappa shape index (κ2) is 8.06. The van der Waals surface area contributed by atoms with Gasteiger partial charge >= 0.3 is 6.18 Å². The SMILES string of the molecule is COc1ccc(C(C)=O)cc1CC1(C)C(=O)Nc2ccc(-c3cccc(C(F)(F)F)c3)cc21. The second-order valence-corrected chi connectivity index (χ2v) is 8.38. The third kappa shape index (κ3) is 4.11. The Morgan fingerprint density at radius 2 is 1.76 bits per heavy atom. The maximum atomic E-state index is 13.2. The van der Waals surface area contributed by atoms with Gasteiger partial charge in [-0.1, -0.05) is 18.2 Å². The van der Waals surface area contributed by atoms with Crippen LogP contribution in [0.5, 0.6) is 5.75 Å². The van der Waals surface area contributed by atoms with Gasteiger partial charge in [0.1, 0.15) is 5.75 Å². The van der Waals surface area contributed by atoms with Gasteiger partial charge in [-0.2, -0.15) is 13.2 Å². The van der Waals surface area contributed by atoms with E-state index in [2.05, 4.69) is 5.32 Å². The molecule has 0 bridgehead atoms. The number of ketones is 1. The van der Waals surface area contributed by atoms with Crippen molar-refractivity contribution in [3.05, 3.63) is 82.9 Å². The molecule has 0 saturated heterocycles. The summed E-state index contributed by atoms with van der Waals surface area (Å²) in [6.45, 7) is 3.25. The molecule has 0 saturated carbocycles. The number of Topliss-reactive ketones (excluding diaryl/α,β-unsaturated/α-hetero) is 1. The van der Waals surface area contributed by atoms with Crippen molar-refractivity contribution >= 4 is 17.4 Å². The van der Waals surface area contributed by atoms with Crippen molar-refractivity contribution < 1.29 is 27.5 Å². The van der Waals surface area contributed by atoms with Crippen LogP contribution in [0, 0.1) is 0 Å². The Kier molecular flexibility index (Phi) is 5.52. The first-order valence-corrected chi connectivity index (χ1v) is 10.3. The van der Waals surface area contributed by atoms with E-state index in [1.54, 1.807) is 49.4 Å². The molecule has 3 aromatic carbocycles. The summed E-state index contributed by atoms with van der Waals surface area (Å²) in [7, 11) is 1.52. The van der Waals surface area contributed by atoms with E-state index in [9.17, 15) is 22.8 Å². The fourth-order valence-electron chi connectivity index (χ4n) is 4.24. The van der Waals surface area contributed by atoms with Crippen LogP contribution in [0.1, 0.15) is 40.9 Å². The molecule has 0 aromatic heterocycles. The van der Waals surface area contributed by atoms with Crippen molar-refractivity contribution in [2.75, 3.05) is 12.4 Å². The molecule has 4 rings (SSSR count). The normalized spacial score (nSPS) is 17.5. The number of halogens is 3. The molecule has 3 aromatic rings. The lowest BCUT2D eigenvalue weighted by atomic mass is 9.77. The van der Waals surface area contributed by atoms with Crippen molar-refractivity contribution in [3.63, 3.8) is 0 Å². The molecule has 1 amide bonds. The molecule has 0 fully saturated rings. The summed E-state index contributed by atoms with van der Waals surface area (Å²) in [6.07, 6.45) is -4.20. The summed E-state index contributed by atoms with van der Waals surface area (Å²) in [5.41, 5.74) is 1.74. The van der Waals surface area contributed by atoms with Crippen molar-refractivity contribution in [1.29, 1.82) is 0 Å². The number of alkyl halides is 3. The van der Waals surface area contributed by atoms with Gasteiger partial charge in [0, 0.05) is 11.3 Å². The monoisotopic (exact) mass is 453 g/mol. The predicted octanol–water partition coefficient (Wildman–Crippen LogP) is 6.04. The highest BCUT2D eigenvalue weighted by Gasteiger charge is 2.43. The number of anilines is 1. The van der Waals surface area contributed by atoms with E-state index in [0.29, 0.717) is 39.3 Å². The van der Waals surface area contributed by atoms with Gasteiger partial charge < -0.3 is 10.1 Å². The Labute approximate surface area is 189 Å². The number of hydrogen-bond acceptors (Lipinski definition) is 3. The van der Waals surface area contributed by atoms with Gasteiger partial charge in [0.15, 0.2) is 5.78 Å². The summed E-state index contributed by atoms with van der Waals surface area (Å²) in [5, 5.41) is 2.87. The number of carbonyl (C=O) groups excluding carboxylic acids is 2. The van der Waals surface area contributed by atoms with Crippen LogP contribution in [0.3, 0.4) is 0 Å². The minimum Gasteiger partial charge on any atom is -0.496 e. The van der Waals surface area contributed by atoms with Gasteiger partial charge in [-0.3, -0.25) is 9.59 Å². The first-order chi connectivity index (χ1) is 15.5. The minimum atomic E-state index is -4.45. The average molecular weight is 453 g/mol. The summed E-state index contributed by atoms with van der Waals surface area (Å²) in [4.78, 5) is 24.9. The van der Waals surface area contributed by atoms with Crippen LogP contribution in [-0.2, 0) is 22.8 Å². The minimum absolute atomic E-state index is 0.104. The lowest BCUT2D eigenvalue weighted by Gasteiger charge is -2.24. The Morgan fingerprint density at radius 1 is 1.03 bits per heavy atom. The molecule has 0 radical (unpaired) electrons. The van der Waals surface area contributed by atoms with E-state index < -0.39 is 17.2 Å². The van der Waals surface area contributed by atoms with Gasteiger partial charge in [-0.05, 0) is 85.0 Å². The van der Waals surface area contributed by atoms with Crippen LogP contribution in [0.25, 0.3) is 11.1 Å². The number of nitrogens with one attached hydrogen (secondary N) is 1. The fourth-order valence-corrected chi connectivity index (χ4v) is 4.24. The van der Waals surface area contributed by atoms with Crippen LogP contribution in [-0.4, -0.2) is 18.8 Å². The first-order valence-electron chi connectivity index (χ1n) is 10.3. The van der Waals surface area contributed by atoms with Crippen molar-refractivity contribution in [3.8, 4) is 16.9 Å². The molecule has 1 unspecified atom stereocenters. The molecule has 1 aliphatic rings. The molecule has 0 spiro atoms. The molecule has 0 aliphatic carbocycles. The van der Waals surface area contributed by atoms with Gasteiger partial charge in [0.2, 0.25) is 5.91 Å². The molecule has 33 heavy (non-hydrogen) atoms. The summed E-state index contributed by atoms with van der Waals surface area (Å²) >= 11 is 0. The lowest BCUT2D eigenvalue weighted by Crippen LogP contribution is -2.33. The van der Waals surface area contributed by atoms with Gasteiger partial charge in [-0.15, -0.1) is 0 Å². The number of hydrogen-bond donors (Lipinski definition) is 1. The topological polar surface area (TPSA) is 55.4 Å². The van der Waals surface area contributed by atoms with E-state index in [1.165, 1.54) is 20.1 Å². The third-order valence-electron chi connectivity index (χ3n) is 6.12. The highest BCUT2D eigenvalue weighted by molar-refractivity contribution is 6.06. The Morgan fingerprint density at radius 3 is 2.42 bits per heavy atom. The van der Waals surface area contributed by atoms with Crippen LogP contribution in [0.15, 0.2) is 60.7 Å². The molecule has 1 atom stereocenters. The molecule has 4 nitrogen and oxygen atoms in total. The van der Waals surface area contributed by atoms with Gasteiger partial charge in [0.05, 0.1) is 18.1 Å². The number of ether oxygens (including phenoxy) is 1. The highest BCUT2D eigenvalue weighted by Crippen LogP contribution is 2.43. The standard InChI is InChI=1S/C26H22F3NO3/c1-15(31)16-8-10-23(33-3)19(11-16)14-25(2)21-13-18(7-9-22(21)30-24(25)32)17-5-4-6-20(12-17)26(27,28)29/h4-13H,14H2,1-3H3,(H,30,32). The quantitative estimate of drug-likeness (QED) is 0.480.